The van der Waals surface area contributed by atoms with Gasteiger partial charge in [-0.05, 0) is 68.8 Å². The Morgan fingerprint density at radius 3 is 2.28 bits per heavy atom. The van der Waals surface area contributed by atoms with Gasteiger partial charge in [0.25, 0.3) is 0 Å². The highest BCUT2D eigenvalue weighted by atomic mass is 31.1. The highest BCUT2D eigenvalue weighted by Gasteiger charge is 2.14. The number of nitrogens with zero attached hydrogens (tertiary/aromatic N) is 5. The lowest BCUT2D eigenvalue weighted by Crippen LogP contribution is -2.03. The minimum Gasteiger partial charge on any atom is -0.497 e. The average Bonchev–Trinajstić information content (AvgIpc) is 3.05. The monoisotopic (exact) mass is 408 g/mol. The summed E-state index contributed by atoms with van der Waals surface area (Å²) in [7, 11) is 1.18. The van der Waals surface area contributed by atoms with Gasteiger partial charge in [-0.25, -0.2) is 4.68 Å². The largest absolute Gasteiger partial charge is 0.497 e. The molecule has 0 aliphatic heterocycles. The molecule has 1 N–H and O–H groups in total. The third kappa shape index (κ3) is 4.12. The zero-order valence-corrected chi connectivity index (χ0v) is 17.5. The normalized spacial score (nSPS) is 11.1. The fraction of sp³-hybridized carbons (Fsp3) is 0.200. The number of anilines is 2. The van der Waals surface area contributed by atoms with Crippen molar-refractivity contribution in [1.29, 1.82) is 0 Å². The van der Waals surface area contributed by atoms with Crippen molar-refractivity contribution in [1.82, 2.24) is 25.0 Å². The molecule has 0 aliphatic rings. The standard InChI is InChI=1S/C20H21N6O2P/c1-13-18-19(26(25-13)15-7-11-16(27-2)12-8-15)22-20(24-23-18)21-14-5-9-17(10-6-14)28-29(3)4/h5-12H,1-4H3,(H,21,22,24). The molecule has 0 atom stereocenters. The van der Waals surface area contributed by atoms with Gasteiger partial charge in [0.15, 0.2) is 11.2 Å². The number of benzene rings is 2. The smallest absolute Gasteiger partial charge is 0.249 e. The summed E-state index contributed by atoms with van der Waals surface area (Å²) < 4.78 is 12.7. The molecule has 0 radical (unpaired) electrons. The molecular formula is C20H21N6O2P. The van der Waals surface area contributed by atoms with Crippen LogP contribution < -0.4 is 14.6 Å². The zero-order valence-electron chi connectivity index (χ0n) is 16.6. The van der Waals surface area contributed by atoms with Crippen LogP contribution in [0.25, 0.3) is 16.9 Å². The van der Waals surface area contributed by atoms with Crippen molar-refractivity contribution >= 4 is 30.9 Å². The molecule has 2 heterocycles. The van der Waals surface area contributed by atoms with Crippen molar-refractivity contribution in [3.05, 3.63) is 54.2 Å². The number of fused-ring (bicyclic) bond motifs is 1. The van der Waals surface area contributed by atoms with Crippen molar-refractivity contribution in [2.24, 2.45) is 0 Å². The highest BCUT2D eigenvalue weighted by Crippen LogP contribution is 2.30. The van der Waals surface area contributed by atoms with Crippen LogP contribution in [0.1, 0.15) is 5.69 Å². The fourth-order valence-corrected chi connectivity index (χ4v) is 3.38. The summed E-state index contributed by atoms with van der Waals surface area (Å²) >= 11 is 0. The third-order valence-electron chi connectivity index (χ3n) is 4.18. The summed E-state index contributed by atoms with van der Waals surface area (Å²) in [5.41, 5.74) is 3.77. The first kappa shape index (κ1) is 19.1. The molecule has 4 aromatic rings. The van der Waals surface area contributed by atoms with E-state index in [1.165, 1.54) is 0 Å². The highest BCUT2D eigenvalue weighted by molar-refractivity contribution is 7.51. The van der Waals surface area contributed by atoms with Crippen LogP contribution in [0.5, 0.6) is 11.5 Å². The second-order valence-corrected chi connectivity index (χ2v) is 8.36. The average molecular weight is 408 g/mol. The predicted octanol–water partition coefficient (Wildman–Crippen LogP) is 4.31. The first-order chi connectivity index (χ1) is 14.0. The molecule has 4 rings (SSSR count). The van der Waals surface area contributed by atoms with Crippen LogP contribution in [-0.2, 0) is 0 Å². The van der Waals surface area contributed by atoms with E-state index >= 15 is 0 Å². The van der Waals surface area contributed by atoms with Gasteiger partial charge in [0.1, 0.15) is 11.5 Å². The molecule has 0 saturated carbocycles. The quantitative estimate of drug-likeness (QED) is 0.476. The van der Waals surface area contributed by atoms with Crippen LogP contribution in [-0.4, -0.2) is 45.4 Å². The predicted molar refractivity (Wildman–Crippen MR) is 115 cm³/mol. The summed E-state index contributed by atoms with van der Waals surface area (Å²) in [5, 5.41) is 16.3. The lowest BCUT2D eigenvalue weighted by Gasteiger charge is -2.10. The minimum absolute atomic E-state index is 0.397. The van der Waals surface area contributed by atoms with Gasteiger partial charge in [-0.1, -0.05) is 0 Å². The van der Waals surface area contributed by atoms with E-state index in [-0.39, 0.29) is 0 Å². The Labute approximate surface area is 169 Å². The summed E-state index contributed by atoms with van der Waals surface area (Å²) in [6, 6.07) is 15.3. The Kier molecular flexibility index (Phi) is 5.27. The number of nitrogens with one attached hydrogen (secondary N) is 1. The summed E-state index contributed by atoms with van der Waals surface area (Å²) in [5.74, 6) is 2.02. The molecule has 9 heteroatoms. The molecule has 2 aromatic carbocycles. The lowest BCUT2D eigenvalue weighted by atomic mass is 10.3. The Bertz CT molecular complexity index is 1130. The number of methoxy groups -OCH3 is 1. The van der Waals surface area contributed by atoms with Crippen LogP contribution in [0, 0.1) is 6.92 Å². The molecule has 0 fully saturated rings. The number of rotatable bonds is 6. The van der Waals surface area contributed by atoms with E-state index in [1.807, 2.05) is 55.5 Å². The second kappa shape index (κ2) is 8.01. The fourth-order valence-electron chi connectivity index (χ4n) is 2.84. The Balaban J connectivity index is 1.64. The first-order valence-electron chi connectivity index (χ1n) is 9.00. The summed E-state index contributed by atoms with van der Waals surface area (Å²) in [4.78, 5) is 4.64. The number of hydrogen-bond acceptors (Lipinski definition) is 7. The molecule has 148 valence electrons. The molecule has 8 nitrogen and oxygen atoms in total. The minimum atomic E-state index is -0.454. The van der Waals surface area contributed by atoms with Crippen molar-refractivity contribution in [2.75, 3.05) is 25.8 Å². The van der Waals surface area contributed by atoms with Gasteiger partial charge in [-0.15, -0.1) is 10.2 Å². The third-order valence-corrected chi connectivity index (χ3v) is 4.75. The van der Waals surface area contributed by atoms with Gasteiger partial charge in [0.05, 0.1) is 26.6 Å². The maximum Gasteiger partial charge on any atom is 0.249 e. The zero-order chi connectivity index (χ0) is 20.4. The van der Waals surface area contributed by atoms with Gasteiger partial charge in [0.2, 0.25) is 5.95 Å². The van der Waals surface area contributed by atoms with Gasteiger partial charge < -0.3 is 14.6 Å². The van der Waals surface area contributed by atoms with E-state index in [4.69, 9.17) is 9.26 Å². The van der Waals surface area contributed by atoms with E-state index in [9.17, 15) is 0 Å². The number of hydrogen-bond donors (Lipinski definition) is 1. The summed E-state index contributed by atoms with van der Waals surface area (Å²) in [6.07, 6.45) is 0. The van der Waals surface area contributed by atoms with E-state index in [2.05, 4.69) is 38.9 Å². The van der Waals surface area contributed by atoms with E-state index in [0.29, 0.717) is 17.1 Å². The molecule has 29 heavy (non-hydrogen) atoms. The van der Waals surface area contributed by atoms with Crippen molar-refractivity contribution in [2.45, 2.75) is 6.92 Å². The molecule has 0 spiro atoms. The van der Waals surface area contributed by atoms with Gasteiger partial charge >= 0.3 is 0 Å². The molecule has 0 saturated heterocycles. The molecule has 0 bridgehead atoms. The van der Waals surface area contributed by atoms with Crippen LogP contribution in [0.3, 0.4) is 0 Å². The molecule has 0 aliphatic carbocycles. The van der Waals surface area contributed by atoms with Crippen molar-refractivity contribution < 1.29 is 9.26 Å². The summed E-state index contributed by atoms with van der Waals surface area (Å²) in [6.45, 7) is 6.01. The maximum atomic E-state index is 5.73. The van der Waals surface area contributed by atoms with Crippen LogP contribution in [0.4, 0.5) is 11.6 Å². The van der Waals surface area contributed by atoms with E-state index < -0.39 is 8.15 Å². The van der Waals surface area contributed by atoms with Crippen LogP contribution >= 0.6 is 8.15 Å². The molecule has 0 unspecified atom stereocenters. The molecule has 2 aromatic heterocycles. The topological polar surface area (TPSA) is 87.0 Å². The lowest BCUT2D eigenvalue weighted by molar-refractivity contribution is 0.414. The van der Waals surface area contributed by atoms with Crippen molar-refractivity contribution in [3.63, 3.8) is 0 Å². The number of aryl methyl sites for hydroxylation is 1. The van der Waals surface area contributed by atoms with Crippen LogP contribution in [0.15, 0.2) is 48.5 Å². The number of ether oxygens (including phenoxy) is 1. The molecule has 0 amide bonds. The Hall–Kier alpha value is -3.25. The van der Waals surface area contributed by atoms with E-state index in [0.717, 1.165) is 28.6 Å². The number of aromatic nitrogens is 5. The maximum absolute atomic E-state index is 5.73. The Morgan fingerprint density at radius 2 is 1.62 bits per heavy atom. The molecular weight excluding hydrogens is 387 g/mol. The van der Waals surface area contributed by atoms with Crippen molar-refractivity contribution in [3.8, 4) is 17.2 Å². The van der Waals surface area contributed by atoms with Gasteiger partial charge in [-0.3, -0.25) is 0 Å². The SMILES string of the molecule is COc1ccc(-n2nc(C)c3nnc(Nc4ccc(OP(C)C)cc4)nc32)cc1. The van der Waals surface area contributed by atoms with Crippen LogP contribution in [0.2, 0.25) is 0 Å². The van der Waals surface area contributed by atoms with E-state index in [1.54, 1.807) is 11.8 Å². The van der Waals surface area contributed by atoms with Gasteiger partial charge in [-0.2, -0.15) is 10.1 Å². The second-order valence-electron chi connectivity index (χ2n) is 6.56. The first-order valence-corrected chi connectivity index (χ1v) is 11.2. The van der Waals surface area contributed by atoms with Gasteiger partial charge in [0, 0.05) is 5.69 Å². The Morgan fingerprint density at radius 1 is 0.931 bits per heavy atom.